The van der Waals surface area contributed by atoms with Gasteiger partial charge in [0.15, 0.2) is 0 Å². The number of carbonyl (C=O) groups excluding carboxylic acids is 2. The molecule has 2 aromatic carbocycles. The molecule has 0 aliphatic heterocycles. The van der Waals surface area contributed by atoms with Crippen molar-refractivity contribution in [3.05, 3.63) is 58.1 Å². The molecule has 7 heteroatoms. The lowest BCUT2D eigenvalue weighted by Gasteiger charge is -2.49. The Balaban J connectivity index is 1.72. The van der Waals surface area contributed by atoms with E-state index in [0.29, 0.717) is 11.3 Å². The van der Waals surface area contributed by atoms with Crippen molar-refractivity contribution in [2.45, 2.75) is 122 Å². The van der Waals surface area contributed by atoms with Crippen molar-refractivity contribution in [1.82, 2.24) is 5.32 Å². The fourth-order valence-electron chi connectivity index (χ4n) is 6.61. The van der Waals surface area contributed by atoms with E-state index < -0.39 is 18.0 Å². The summed E-state index contributed by atoms with van der Waals surface area (Å²) in [6.45, 7) is 20.2. The number of hydrogen-bond acceptors (Lipinski definition) is 3. The van der Waals surface area contributed by atoms with Gasteiger partial charge in [-0.1, -0.05) is 68.4 Å². The molecule has 0 radical (unpaired) electrons. The van der Waals surface area contributed by atoms with Crippen LogP contribution in [0.3, 0.4) is 0 Å². The lowest BCUT2D eigenvalue weighted by atomic mass is 9.56. The van der Waals surface area contributed by atoms with E-state index in [1.165, 1.54) is 22.3 Å². The fourth-order valence-corrected chi connectivity index (χ4v) is 6.61. The molecule has 41 heavy (non-hydrogen) atoms. The zero-order valence-corrected chi connectivity index (χ0v) is 26.2. The van der Waals surface area contributed by atoms with Crippen LogP contribution in [-0.4, -0.2) is 29.1 Å². The van der Waals surface area contributed by atoms with Gasteiger partial charge in [0.05, 0.1) is 0 Å². The molecule has 0 fully saturated rings. The first-order valence-electron chi connectivity index (χ1n) is 14.8. The number of benzene rings is 2. The predicted octanol–water partition coefficient (Wildman–Crippen LogP) is 7.62. The molecule has 3 amide bonds. The highest BCUT2D eigenvalue weighted by Crippen LogP contribution is 2.56. The van der Waals surface area contributed by atoms with Crippen molar-refractivity contribution in [1.29, 1.82) is 0 Å². The number of nitrogens with one attached hydrogen (secondary N) is 3. The molecule has 0 aromatic heterocycles. The van der Waals surface area contributed by atoms with Crippen molar-refractivity contribution in [2.75, 3.05) is 10.6 Å². The standard InChI is InChI=1S/C34H47N3O4/c1-10-24(29(39)40)36-30(41)35-21-13-11-20(12-14-21)28(38)37-27-25-22(31(2,3)15-17-33(25,6)7)19-23-26(27)34(8,9)18-16-32(23,4)5/h11-14,19,24H,10,15-18H2,1-9H3,(H,37,38)(H,39,40)(H2,35,36,41). The molecule has 1 unspecified atom stereocenters. The number of aliphatic carboxylic acids is 1. The first-order valence-corrected chi connectivity index (χ1v) is 14.8. The Bertz CT molecular complexity index is 1320. The fraction of sp³-hybridized carbons (Fsp3) is 0.559. The molecule has 4 N–H and O–H groups in total. The zero-order chi connectivity index (χ0) is 30.5. The number of carboxylic acid groups (broad SMARTS) is 1. The van der Waals surface area contributed by atoms with Gasteiger partial charge in [0.1, 0.15) is 6.04 Å². The van der Waals surface area contributed by atoms with Crippen LogP contribution in [0.25, 0.3) is 0 Å². The van der Waals surface area contributed by atoms with E-state index in [0.717, 1.165) is 31.4 Å². The highest BCUT2D eigenvalue weighted by molar-refractivity contribution is 6.06. The molecule has 2 aromatic rings. The second-order valence-corrected chi connectivity index (χ2v) is 14.6. The molecule has 0 saturated heterocycles. The topological polar surface area (TPSA) is 108 Å². The second-order valence-electron chi connectivity index (χ2n) is 14.6. The van der Waals surface area contributed by atoms with E-state index in [-0.39, 0.29) is 34.0 Å². The molecule has 7 nitrogen and oxygen atoms in total. The number of carbonyl (C=O) groups is 3. The van der Waals surface area contributed by atoms with Gasteiger partial charge >= 0.3 is 12.0 Å². The lowest BCUT2D eigenvalue weighted by Crippen LogP contribution is -2.42. The summed E-state index contributed by atoms with van der Waals surface area (Å²) in [4.78, 5) is 37.4. The van der Waals surface area contributed by atoms with Crippen molar-refractivity contribution in [3.8, 4) is 0 Å². The molecule has 1 atom stereocenters. The van der Waals surface area contributed by atoms with Crippen LogP contribution in [-0.2, 0) is 26.5 Å². The van der Waals surface area contributed by atoms with Crippen molar-refractivity contribution < 1.29 is 19.5 Å². The van der Waals surface area contributed by atoms with Gasteiger partial charge in [0, 0.05) is 16.9 Å². The van der Waals surface area contributed by atoms with E-state index in [2.05, 4.69) is 77.4 Å². The number of amides is 3. The maximum atomic E-state index is 13.8. The largest absolute Gasteiger partial charge is 0.480 e. The summed E-state index contributed by atoms with van der Waals surface area (Å²) >= 11 is 0. The summed E-state index contributed by atoms with van der Waals surface area (Å²) in [7, 11) is 0. The number of rotatable bonds is 6. The Labute approximate surface area is 244 Å². The predicted molar refractivity (Wildman–Crippen MR) is 165 cm³/mol. The van der Waals surface area contributed by atoms with E-state index in [4.69, 9.17) is 0 Å². The van der Waals surface area contributed by atoms with Crippen LogP contribution in [0.15, 0.2) is 30.3 Å². The number of fused-ring (bicyclic) bond motifs is 2. The highest BCUT2D eigenvalue weighted by Gasteiger charge is 2.46. The van der Waals surface area contributed by atoms with Crippen LogP contribution in [0.1, 0.15) is 127 Å². The van der Waals surface area contributed by atoms with Crippen LogP contribution >= 0.6 is 0 Å². The summed E-state index contributed by atoms with van der Waals surface area (Å²) in [5, 5.41) is 17.7. The van der Waals surface area contributed by atoms with Crippen LogP contribution in [0.2, 0.25) is 0 Å². The van der Waals surface area contributed by atoms with E-state index in [9.17, 15) is 19.5 Å². The summed E-state index contributed by atoms with van der Waals surface area (Å²) < 4.78 is 0. The summed E-state index contributed by atoms with van der Waals surface area (Å²) in [5.74, 6) is -1.27. The quantitative estimate of drug-likeness (QED) is 0.291. The number of hydrogen-bond donors (Lipinski definition) is 4. The minimum Gasteiger partial charge on any atom is -0.480 e. The monoisotopic (exact) mass is 561 g/mol. The molecule has 2 aliphatic rings. The van der Waals surface area contributed by atoms with Gasteiger partial charge in [-0.2, -0.15) is 0 Å². The third-order valence-electron chi connectivity index (χ3n) is 9.54. The van der Waals surface area contributed by atoms with Crippen LogP contribution in [0.4, 0.5) is 16.2 Å². The van der Waals surface area contributed by atoms with Crippen LogP contribution < -0.4 is 16.0 Å². The molecule has 0 heterocycles. The summed E-state index contributed by atoms with van der Waals surface area (Å²) in [6, 6.07) is 7.58. The first kappa shape index (κ1) is 30.6. The molecular formula is C34H47N3O4. The molecule has 0 spiro atoms. The summed E-state index contributed by atoms with van der Waals surface area (Å²) in [5.41, 5.74) is 6.94. The Morgan fingerprint density at radius 2 is 1.22 bits per heavy atom. The average molecular weight is 562 g/mol. The smallest absolute Gasteiger partial charge is 0.326 e. The number of urea groups is 1. The van der Waals surface area contributed by atoms with Gasteiger partial charge in [-0.15, -0.1) is 0 Å². The third kappa shape index (κ3) is 5.86. The van der Waals surface area contributed by atoms with E-state index in [1.54, 1.807) is 31.2 Å². The Hall–Kier alpha value is -3.35. The SMILES string of the molecule is CCC(NC(=O)Nc1ccc(C(=O)Nc2c3c(cc4c2C(C)(C)CCC4(C)C)C(C)(C)CCC3(C)C)cc1)C(=O)O. The second kappa shape index (κ2) is 10.5. The lowest BCUT2D eigenvalue weighted by molar-refractivity contribution is -0.139. The van der Waals surface area contributed by atoms with E-state index >= 15 is 0 Å². The van der Waals surface area contributed by atoms with Crippen LogP contribution in [0.5, 0.6) is 0 Å². The molecule has 2 aliphatic carbocycles. The van der Waals surface area contributed by atoms with Crippen molar-refractivity contribution in [2.24, 2.45) is 0 Å². The molecule has 222 valence electrons. The zero-order valence-electron chi connectivity index (χ0n) is 26.2. The Kier molecular flexibility index (Phi) is 7.83. The number of carboxylic acids is 1. The van der Waals surface area contributed by atoms with Gasteiger partial charge in [0.25, 0.3) is 5.91 Å². The molecular weight excluding hydrogens is 514 g/mol. The van der Waals surface area contributed by atoms with Crippen LogP contribution in [0, 0.1) is 0 Å². The van der Waals surface area contributed by atoms with Gasteiger partial charge < -0.3 is 21.1 Å². The van der Waals surface area contributed by atoms with E-state index in [1.807, 2.05) is 0 Å². The minimum absolute atomic E-state index is 0.00233. The van der Waals surface area contributed by atoms with Crippen molar-refractivity contribution in [3.63, 3.8) is 0 Å². The maximum Gasteiger partial charge on any atom is 0.326 e. The minimum atomic E-state index is -1.09. The summed E-state index contributed by atoms with van der Waals surface area (Å²) in [6.07, 6.45) is 4.55. The molecule has 0 bridgehead atoms. The Morgan fingerprint density at radius 3 is 1.66 bits per heavy atom. The van der Waals surface area contributed by atoms with Gasteiger partial charge in [-0.05, 0) is 100 Å². The third-order valence-corrected chi connectivity index (χ3v) is 9.54. The molecule has 0 saturated carbocycles. The van der Waals surface area contributed by atoms with Gasteiger partial charge in [0.2, 0.25) is 0 Å². The molecule has 4 rings (SSSR count). The van der Waals surface area contributed by atoms with Crippen molar-refractivity contribution >= 4 is 29.3 Å². The highest BCUT2D eigenvalue weighted by atomic mass is 16.4. The Morgan fingerprint density at radius 1 is 0.756 bits per heavy atom. The normalized spacial score (nSPS) is 20.1. The average Bonchev–Trinajstić information content (AvgIpc) is 2.87. The first-order chi connectivity index (χ1) is 18.9. The van der Waals surface area contributed by atoms with Gasteiger partial charge in [-0.3, -0.25) is 4.79 Å². The number of anilines is 2. The van der Waals surface area contributed by atoms with Gasteiger partial charge in [-0.25, -0.2) is 9.59 Å². The maximum absolute atomic E-state index is 13.8.